The quantitative estimate of drug-likeness (QED) is 0.680. The molecule has 0 aliphatic rings. The van der Waals surface area contributed by atoms with Crippen molar-refractivity contribution in [2.45, 2.75) is 18.0 Å². The van der Waals surface area contributed by atoms with Gasteiger partial charge in [-0.3, -0.25) is 9.59 Å². The van der Waals surface area contributed by atoms with Gasteiger partial charge in [0.2, 0.25) is 11.8 Å². The third-order valence-electron chi connectivity index (χ3n) is 3.52. The first kappa shape index (κ1) is 18.8. The lowest BCUT2D eigenvalue weighted by Gasteiger charge is -2.13. The van der Waals surface area contributed by atoms with Crippen LogP contribution in [-0.2, 0) is 23.1 Å². The average molecular weight is 362 g/mol. The van der Waals surface area contributed by atoms with Gasteiger partial charge in [-0.2, -0.15) is 0 Å². The highest BCUT2D eigenvalue weighted by molar-refractivity contribution is 7.99. The summed E-state index contributed by atoms with van der Waals surface area (Å²) in [6.07, 6.45) is 0.657. The molecule has 0 bridgehead atoms. The lowest BCUT2D eigenvalue weighted by atomic mass is 10.2. The van der Waals surface area contributed by atoms with E-state index in [0.29, 0.717) is 17.4 Å². The molecule has 9 heteroatoms. The number of nitrogens with one attached hydrogen (secondary N) is 1. The summed E-state index contributed by atoms with van der Waals surface area (Å²) in [5.41, 5.74) is 6.95. The van der Waals surface area contributed by atoms with Gasteiger partial charge in [0.25, 0.3) is 0 Å². The van der Waals surface area contributed by atoms with Crippen LogP contribution in [0.4, 0.5) is 11.4 Å². The molecule has 0 aliphatic carbocycles. The maximum absolute atomic E-state index is 12.1. The van der Waals surface area contributed by atoms with Crippen molar-refractivity contribution in [3.8, 4) is 0 Å². The van der Waals surface area contributed by atoms with Gasteiger partial charge in [-0.25, -0.2) is 0 Å². The van der Waals surface area contributed by atoms with Crippen molar-refractivity contribution in [3.05, 3.63) is 30.1 Å². The molecule has 0 saturated carbocycles. The number of aryl methyl sites for hydroxylation is 1. The molecular weight excluding hydrogens is 340 g/mol. The van der Waals surface area contributed by atoms with E-state index in [2.05, 4.69) is 15.5 Å². The van der Waals surface area contributed by atoms with Crippen LogP contribution in [0, 0.1) is 0 Å². The minimum Gasteiger partial charge on any atom is -0.378 e. The van der Waals surface area contributed by atoms with E-state index in [0.717, 1.165) is 11.4 Å². The maximum Gasteiger partial charge on any atom is 0.234 e. The molecule has 0 spiro atoms. The molecule has 0 fully saturated rings. The standard InChI is InChI=1S/C16H22N6O2S/c1-21(2)12-6-4-11(5-7-12)18-15(24)10-25-16-20-19-14(22(16)3)9-8-13(17)23/h4-7H,8-10H2,1-3H3,(H2,17,23)(H,18,24). The van der Waals surface area contributed by atoms with Gasteiger partial charge in [-0.1, -0.05) is 11.8 Å². The summed E-state index contributed by atoms with van der Waals surface area (Å²) in [4.78, 5) is 24.9. The molecule has 3 N–H and O–H groups in total. The van der Waals surface area contributed by atoms with Gasteiger partial charge < -0.3 is 20.5 Å². The van der Waals surface area contributed by atoms with Gasteiger partial charge >= 0.3 is 0 Å². The number of rotatable bonds is 8. The molecule has 1 aromatic carbocycles. The molecule has 1 heterocycles. The molecule has 0 atom stereocenters. The highest BCUT2D eigenvalue weighted by Crippen LogP contribution is 2.18. The number of nitrogens with two attached hydrogens (primary N) is 1. The lowest BCUT2D eigenvalue weighted by molar-refractivity contribution is -0.118. The van der Waals surface area contributed by atoms with Crippen LogP contribution in [-0.4, -0.2) is 46.4 Å². The van der Waals surface area contributed by atoms with E-state index in [-0.39, 0.29) is 24.0 Å². The van der Waals surface area contributed by atoms with Crippen LogP contribution in [0.15, 0.2) is 29.4 Å². The van der Waals surface area contributed by atoms with Gasteiger partial charge in [0, 0.05) is 45.4 Å². The summed E-state index contributed by atoms with van der Waals surface area (Å²) in [5.74, 6) is 0.388. The monoisotopic (exact) mass is 362 g/mol. The molecule has 2 aromatic rings. The predicted molar refractivity (Wildman–Crippen MR) is 98.6 cm³/mol. The number of benzene rings is 1. The fourth-order valence-electron chi connectivity index (χ4n) is 2.09. The van der Waals surface area contributed by atoms with Gasteiger partial charge in [-0.05, 0) is 24.3 Å². The first-order valence-corrected chi connectivity index (χ1v) is 8.72. The number of hydrogen-bond acceptors (Lipinski definition) is 6. The van der Waals surface area contributed by atoms with E-state index in [9.17, 15) is 9.59 Å². The highest BCUT2D eigenvalue weighted by atomic mass is 32.2. The van der Waals surface area contributed by atoms with Crippen LogP contribution in [0.2, 0.25) is 0 Å². The number of thioether (sulfide) groups is 1. The summed E-state index contributed by atoms with van der Waals surface area (Å²) in [6.45, 7) is 0. The smallest absolute Gasteiger partial charge is 0.234 e. The molecule has 0 radical (unpaired) electrons. The van der Waals surface area contributed by atoms with Crippen molar-refractivity contribution in [3.63, 3.8) is 0 Å². The number of primary amides is 1. The van der Waals surface area contributed by atoms with Gasteiger partial charge in [0.05, 0.1) is 5.75 Å². The molecule has 0 saturated heterocycles. The van der Waals surface area contributed by atoms with E-state index in [1.165, 1.54) is 11.8 Å². The van der Waals surface area contributed by atoms with Crippen LogP contribution in [0.1, 0.15) is 12.2 Å². The molecule has 1 aromatic heterocycles. The number of carbonyl (C=O) groups excluding carboxylic acids is 2. The second-order valence-corrected chi connectivity index (χ2v) is 6.64. The Bertz CT molecular complexity index is 742. The van der Waals surface area contributed by atoms with Gasteiger partial charge in [0.15, 0.2) is 5.16 Å². The number of nitrogens with zero attached hydrogens (tertiary/aromatic N) is 4. The lowest BCUT2D eigenvalue weighted by Crippen LogP contribution is -2.15. The molecule has 0 aliphatic heterocycles. The topological polar surface area (TPSA) is 106 Å². The highest BCUT2D eigenvalue weighted by Gasteiger charge is 2.12. The second-order valence-electron chi connectivity index (χ2n) is 5.70. The van der Waals surface area contributed by atoms with Crippen LogP contribution in [0.25, 0.3) is 0 Å². The second kappa shape index (κ2) is 8.52. The minimum atomic E-state index is -0.378. The van der Waals surface area contributed by atoms with Gasteiger partial charge in [0.1, 0.15) is 5.82 Å². The largest absolute Gasteiger partial charge is 0.378 e. The van der Waals surface area contributed by atoms with Crippen molar-refractivity contribution < 1.29 is 9.59 Å². The van der Waals surface area contributed by atoms with Crippen molar-refractivity contribution >= 4 is 35.0 Å². The van der Waals surface area contributed by atoms with Crippen molar-refractivity contribution in [2.24, 2.45) is 12.8 Å². The Morgan fingerprint density at radius 3 is 2.52 bits per heavy atom. The molecular formula is C16H22N6O2S. The SMILES string of the molecule is CN(C)c1ccc(NC(=O)CSc2nnc(CCC(N)=O)n2C)cc1. The third kappa shape index (κ3) is 5.49. The summed E-state index contributed by atoms with van der Waals surface area (Å²) >= 11 is 1.29. The summed E-state index contributed by atoms with van der Waals surface area (Å²) in [6, 6.07) is 7.61. The Morgan fingerprint density at radius 1 is 1.24 bits per heavy atom. The summed E-state index contributed by atoms with van der Waals surface area (Å²) in [5, 5.41) is 11.5. The van der Waals surface area contributed by atoms with Gasteiger partial charge in [-0.15, -0.1) is 10.2 Å². The van der Waals surface area contributed by atoms with E-state index < -0.39 is 0 Å². The maximum atomic E-state index is 12.1. The molecule has 8 nitrogen and oxygen atoms in total. The number of hydrogen-bond donors (Lipinski definition) is 2. The fourth-order valence-corrected chi connectivity index (χ4v) is 2.82. The van der Waals surface area contributed by atoms with E-state index >= 15 is 0 Å². The van der Waals surface area contributed by atoms with Crippen LogP contribution < -0.4 is 16.0 Å². The Morgan fingerprint density at radius 2 is 1.92 bits per heavy atom. The fraction of sp³-hybridized carbons (Fsp3) is 0.375. The zero-order chi connectivity index (χ0) is 18.4. The Balaban J connectivity index is 1.86. The Labute approximate surface area is 150 Å². The first-order valence-electron chi connectivity index (χ1n) is 7.73. The Kier molecular flexibility index (Phi) is 6.40. The normalized spacial score (nSPS) is 10.5. The molecule has 2 amide bonds. The van der Waals surface area contributed by atoms with E-state index in [4.69, 9.17) is 5.73 Å². The van der Waals surface area contributed by atoms with E-state index in [1.807, 2.05) is 43.3 Å². The number of carbonyl (C=O) groups is 2. The van der Waals surface area contributed by atoms with E-state index in [1.54, 1.807) is 11.6 Å². The van der Waals surface area contributed by atoms with Crippen molar-refractivity contribution in [1.82, 2.24) is 14.8 Å². The zero-order valence-corrected chi connectivity index (χ0v) is 15.3. The molecule has 0 unspecified atom stereocenters. The number of aromatic nitrogens is 3. The zero-order valence-electron chi connectivity index (χ0n) is 14.5. The minimum absolute atomic E-state index is 0.121. The third-order valence-corrected chi connectivity index (χ3v) is 4.54. The molecule has 134 valence electrons. The van der Waals surface area contributed by atoms with Crippen molar-refractivity contribution in [2.75, 3.05) is 30.1 Å². The predicted octanol–water partition coefficient (Wildman–Crippen LogP) is 1.03. The molecule has 2 rings (SSSR count). The van der Waals surface area contributed by atoms with Crippen LogP contribution in [0.5, 0.6) is 0 Å². The summed E-state index contributed by atoms with van der Waals surface area (Å²) < 4.78 is 1.77. The average Bonchev–Trinajstić information content (AvgIpc) is 2.91. The van der Waals surface area contributed by atoms with Crippen molar-refractivity contribution in [1.29, 1.82) is 0 Å². The van der Waals surface area contributed by atoms with Crippen LogP contribution in [0.3, 0.4) is 0 Å². The first-order chi connectivity index (χ1) is 11.9. The summed E-state index contributed by atoms with van der Waals surface area (Å²) in [7, 11) is 5.72. The number of amides is 2. The molecule has 25 heavy (non-hydrogen) atoms. The number of anilines is 2. The van der Waals surface area contributed by atoms with Crippen LogP contribution >= 0.6 is 11.8 Å². The Hall–Kier alpha value is -2.55.